The number of anilines is 3. The van der Waals surface area contributed by atoms with Crippen LogP contribution in [0, 0.1) is 0 Å². The topological polar surface area (TPSA) is 85.9 Å². The molecule has 1 aliphatic heterocycles. The molecule has 3 amide bonds. The zero-order valence-corrected chi connectivity index (χ0v) is 19.3. The maximum Gasteiger partial charge on any atom is 0.326 e. The van der Waals surface area contributed by atoms with Crippen molar-refractivity contribution < 1.29 is 14.3 Å². The molecular weight excluding hydrogens is 442 g/mol. The Bertz CT molecular complexity index is 928. The summed E-state index contributed by atoms with van der Waals surface area (Å²) in [6, 6.07) is 14.7. The van der Waals surface area contributed by atoms with Gasteiger partial charge in [0, 0.05) is 54.3 Å². The van der Waals surface area contributed by atoms with Crippen LogP contribution in [0.2, 0.25) is 5.02 Å². The first kappa shape index (κ1) is 23.4. The molecule has 176 valence electrons. The molecule has 4 rings (SSSR count). The van der Waals surface area contributed by atoms with Crippen molar-refractivity contribution in [2.24, 2.45) is 0 Å². The molecule has 2 aromatic rings. The maximum atomic E-state index is 13.1. The van der Waals surface area contributed by atoms with Gasteiger partial charge in [-0.3, -0.25) is 14.6 Å². The highest BCUT2D eigenvalue weighted by molar-refractivity contribution is 6.30. The second-order valence-electron chi connectivity index (χ2n) is 8.28. The van der Waals surface area contributed by atoms with Gasteiger partial charge in [0.25, 0.3) is 0 Å². The number of hydrogen-bond acceptors (Lipinski definition) is 5. The number of hydrogen-bond donors (Lipinski definition) is 3. The van der Waals surface area contributed by atoms with Crippen molar-refractivity contribution >= 4 is 40.6 Å². The van der Waals surface area contributed by atoms with E-state index in [1.165, 1.54) is 0 Å². The molecule has 3 N–H and O–H groups in total. The van der Waals surface area contributed by atoms with Gasteiger partial charge in [0.1, 0.15) is 0 Å². The Kier molecular flexibility index (Phi) is 8.04. The number of carbonyl (C=O) groups is 2. The second-order valence-corrected chi connectivity index (χ2v) is 8.72. The van der Waals surface area contributed by atoms with Gasteiger partial charge in [0.15, 0.2) is 0 Å². The van der Waals surface area contributed by atoms with E-state index in [-0.39, 0.29) is 18.5 Å². The summed E-state index contributed by atoms with van der Waals surface area (Å²) in [6.07, 6.45) is 2.14. The van der Waals surface area contributed by atoms with E-state index < -0.39 is 0 Å². The third-order valence-corrected chi connectivity index (χ3v) is 5.91. The number of morpholine rings is 1. The summed E-state index contributed by atoms with van der Waals surface area (Å²) in [4.78, 5) is 29.1. The van der Waals surface area contributed by atoms with Gasteiger partial charge in [0.05, 0.1) is 19.8 Å². The van der Waals surface area contributed by atoms with Gasteiger partial charge in [-0.05, 0) is 61.4 Å². The van der Waals surface area contributed by atoms with Crippen LogP contribution in [-0.4, -0.2) is 68.8 Å². The SMILES string of the molecule is O=C(CNc1ccc(N(CCN2CCOCC2)C(=O)Nc2ccc(Cl)cc2)cc1)NC1CC1. The molecule has 0 atom stereocenters. The second kappa shape index (κ2) is 11.4. The fourth-order valence-electron chi connectivity index (χ4n) is 3.59. The molecule has 1 saturated heterocycles. The van der Waals surface area contributed by atoms with Crippen LogP contribution in [0.4, 0.5) is 21.9 Å². The minimum absolute atomic E-state index is 0.00365. The van der Waals surface area contributed by atoms with Crippen molar-refractivity contribution in [3.63, 3.8) is 0 Å². The van der Waals surface area contributed by atoms with Gasteiger partial charge in [-0.25, -0.2) is 4.79 Å². The molecule has 0 spiro atoms. The zero-order valence-electron chi connectivity index (χ0n) is 18.6. The molecule has 0 aromatic heterocycles. The minimum Gasteiger partial charge on any atom is -0.379 e. The maximum absolute atomic E-state index is 13.1. The number of ether oxygens (including phenoxy) is 1. The molecule has 2 fully saturated rings. The van der Waals surface area contributed by atoms with E-state index in [0.717, 1.165) is 43.9 Å². The van der Waals surface area contributed by atoms with Gasteiger partial charge in [-0.1, -0.05) is 11.6 Å². The van der Waals surface area contributed by atoms with E-state index in [0.29, 0.717) is 36.5 Å². The van der Waals surface area contributed by atoms with Crippen molar-refractivity contribution in [1.29, 1.82) is 0 Å². The van der Waals surface area contributed by atoms with Crippen LogP contribution in [0.3, 0.4) is 0 Å². The predicted molar refractivity (Wildman–Crippen MR) is 131 cm³/mol. The van der Waals surface area contributed by atoms with E-state index in [1.54, 1.807) is 29.2 Å². The van der Waals surface area contributed by atoms with Crippen LogP contribution < -0.4 is 20.9 Å². The van der Waals surface area contributed by atoms with Crippen molar-refractivity contribution in [3.8, 4) is 0 Å². The van der Waals surface area contributed by atoms with Crippen molar-refractivity contribution in [3.05, 3.63) is 53.6 Å². The molecule has 1 aliphatic carbocycles. The fraction of sp³-hybridized carbons (Fsp3) is 0.417. The molecule has 2 aromatic carbocycles. The zero-order chi connectivity index (χ0) is 23.0. The van der Waals surface area contributed by atoms with E-state index in [9.17, 15) is 9.59 Å². The largest absolute Gasteiger partial charge is 0.379 e. The summed E-state index contributed by atoms with van der Waals surface area (Å²) < 4.78 is 5.42. The molecule has 0 bridgehead atoms. The van der Waals surface area contributed by atoms with Crippen LogP contribution in [0.5, 0.6) is 0 Å². The van der Waals surface area contributed by atoms with Gasteiger partial charge in [-0.15, -0.1) is 0 Å². The number of halogens is 1. The van der Waals surface area contributed by atoms with Gasteiger partial charge < -0.3 is 20.7 Å². The number of benzene rings is 2. The highest BCUT2D eigenvalue weighted by atomic mass is 35.5. The average Bonchev–Trinajstić information content (AvgIpc) is 3.65. The van der Waals surface area contributed by atoms with E-state index in [1.807, 2.05) is 24.3 Å². The molecular formula is C24H30ClN5O3. The quantitative estimate of drug-likeness (QED) is 0.522. The normalized spacial score (nSPS) is 16.2. The Morgan fingerprint density at radius 3 is 2.33 bits per heavy atom. The molecule has 0 unspecified atom stereocenters. The number of nitrogens with one attached hydrogen (secondary N) is 3. The summed E-state index contributed by atoms with van der Waals surface area (Å²) in [6.45, 7) is 4.66. The summed E-state index contributed by atoms with van der Waals surface area (Å²) >= 11 is 5.96. The van der Waals surface area contributed by atoms with Crippen molar-refractivity contribution in [1.82, 2.24) is 10.2 Å². The van der Waals surface area contributed by atoms with Gasteiger partial charge in [0.2, 0.25) is 5.91 Å². The lowest BCUT2D eigenvalue weighted by Crippen LogP contribution is -2.44. The first-order valence-corrected chi connectivity index (χ1v) is 11.7. The van der Waals surface area contributed by atoms with Crippen LogP contribution in [0.25, 0.3) is 0 Å². The molecule has 8 nitrogen and oxygen atoms in total. The average molecular weight is 472 g/mol. The summed E-state index contributed by atoms with van der Waals surface area (Å²) in [7, 11) is 0. The fourth-order valence-corrected chi connectivity index (χ4v) is 3.71. The standard InChI is InChI=1S/C24H30ClN5O3/c25-18-1-3-21(4-2-18)28-24(32)30(12-11-29-13-15-33-16-14-29)22-9-7-19(8-10-22)26-17-23(31)27-20-5-6-20/h1-4,7-10,20,26H,5-6,11-17H2,(H,27,31)(H,28,32). The molecule has 33 heavy (non-hydrogen) atoms. The first-order valence-electron chi connectivity index (χ1n) is 11.3. The Hall–Kier alpha value is -2.81. The van der Waals surface area contributed by atoms with Crippen LogP contribution >= 0.6 is 11.6 Å². The molecule has 0 radical (unpaired) electrons. The smallest absolute Gasteiger partial charge is 0.326 e. The Labute approximate surface area is 199 Å². The number of carbonyl (C=O) groups excluding carboxylic acids is 2. The predicted octanol–water partition coefficient (Wildman–Crippen LogP) is 3.40. The van der Waals surface area contributed by atoms with Crippen LogP contribution in [0.15, 0.2) is 48.5 Å². The lowest BCUT2D eigenvalue weighted by molar-refractivity contribution is -0.119. The van der Waals surface area contributed by atoms with Gasteiger partial charge in [-0.2, -0.15) is 0 Å². The van der Waals surface area contributed by atoms with Crippen molar-refractivity contribution in [2.45, 2.75) is 18.9 Å². The lowest BCUT2D eigenvalue weighted by Gasteiger charge is -2.30. The number of urea groups is 1. The highest BCUT2D eigenvalue weighted by Gasteiger charge is 2.23. The number of nitrogens with zero attached hydrogens (tertiary/aromatic N) is 2. The molecule has 9 heteroatoms. The summed E-state index contributed by atoms with van der Waals surface area (Å²) in [5, 5.41) is 9.66. The number of amides is 3. The van der Waals surface area contributed by atoms with E-state index in [4.69, 9.17) is 16.3 Å². The molecule has 1 heterocycles. The summed E-state index contributed by atoms with van der Waals surface area (Å²) in [5.74, 6) is -0.00365. The van der Waals surface area contributed by atoms with E-state index >= 15 is 0 Å². The molecule has 1 saturated carbocycles. The Balaban J connectivity index is 1.39. The monoisotopic (exact) mass is 471 g/mol. The van der Waals surface area contributed by atoms with Gasteiger partial charge >= 0.3 is 6.03 Å². The third kappa shape index (κ3) is 7.35. The Morgan fingerprint density at radius 2 is 1.67 bits per heavy atom. The lowest BCUT2D eigenvalue weighted by atomic mass is 10.2. The molecule has 2 aliphatic rings. The highest BCUT2D eigenvalue weighted by Crippen LogP contribution is 2.21. The van der Waals surface area contributed by atoms with Crippen molar-refractivity contribution in [2.75, 3.05) is 61.5 Å². The minimum atomic E-state index is -0.213. The van der Waals surface area contributed by atoms with Crippen LogP contribution in [0.1, 0.15) is 12.8 Å². The first-order chi connectivity index (χ1) is 16.1. The summed E-state index contributed by atoms with van der Waals surface area (Å²) in [5.41, 5.74) is 2.29. The van der Waals surface area contributed by atoms with Crippen LogP contribution in [-0.2, 0) is 9.53 Å². The van der Waals surface area contributed by atoms with E-state index in [2.05, 4.69) is 20.9 Å². The Morgan fingerprint density at radius 1 is 1.00 bits per heavy atom. The number of rotatable bonds is 9. The third-order valence-electron chi connectivity index (χ3n) is 5.66.